The van der Waals surface area contributed by atoms with Crippen molar-refractivity contribution in [3.8, 4) is 11.3 Å². The second-order valence-corrected chi connectivity index (χ2v) is 5.32. The molecule has 0 saturated carbocycles. The van der Waals surface area contributed by atoms with Gasteiger partial charge in [-0.25, -0.2) is 4.98 Å². The van der Waals surface area contributed by atoms with Crippen molar-refractivity contribution in [3.63, 3.8) is 0 Å². The Morgan fingerprint density at radius 1 is 1.25 bits per heavy atom. The number of hydrogen-bond acceptors (Lipinski definition) is 6. The number of nitrogens with one attached hydrogen (secondary N) is 1. The molecule has 0 aliphatic carbocycles. The van der Waals surface area contributed by atoms with Gasteiger partial charge in [-0.1, -0.05) is 11.3 Å². The highest BCUT2D eigenvalue weighted by Gasteiger charge is 2.12. The second kappa shape index (κ2) is 5.40. The average molecular weight is 307 g/mol. The highest BCUT2D eigenvalue weighted by molar-refractivity contribution is 7.17. The first-order chi connectivity index (χ1) is 9.72. The van der Waals surface area contributed by atoms with Crippen LogP contribution in [0.25, 0.3) is 11.3 Å². The maximum Gasteiger partial charge on any atom is 0.286 e. The number of rotatable bonds is 3. The first kappa shape index (κ1) is 12.8. The van der Waals surface area contributed by atoms with Gasteiger partial charge < -0.3 is 9.73 Å². The van der Waals surface area contributed by atoms with Crippen molar-refractivity contribution < 1.29 is 9.21 Å². The lowest BCUT2D eigenvalue weighted by Gasteiger charge is -2.03. The molecule has 100 valence electrons. The molecule has 0 bridgehead atoms. The Labute approximate surface area is 122 Å². The summed E-state index contributed by atoms with van der Waals surface area (Å²) in [5.74, 6) is 0.320. The van der Waals surface area contributed by atoms with Crippen molar-refractivity contribution in [2.45, 2.75) is 0 Å². The van der Waals surface area contributed by atoms with Gasteiger partial charge in [0.2, 0.25) is 9.47 Å². The van der Waals surface area contributed by atoms with E-state index in [0.29, 0.717) is 11.4 Å². The van der Waals surface area contributed by atoms with Gasteiger partial charge in [-0.15, -0.1) is 10.2 Å². The van der Waals surface area contributed by atoms with E-state index in [1.165, 1.54) is 6.39 Å². The van der Waals surface area contributed by atoms with Crippen molar-refractivity contribution in [1.82, 2.24) is 15.2 Å². The third kappa shape index (κ3) is 2.68. The van der Waals surface area contributed by atoms with Gasteiger partial charge in [-0.2, -0.15) is 0 Å². The lowest BCUT2D eigenvalue weighted by molar-refractivity contribution is 0.102. The van der Waals surface area contributed by atoms with Gasteiger partial charge in [0.1, 0.15) is 0 Å². The van der Waals surface area contributed by atoms with E-state index in [1.807, 2.05) is 12.1 Å². The summed E-state index contributed by atoms with van der Waals surface area (Å²) in [6, 6.07) is 7.17. The smallest absolute Gasteiger partial charge is 0.286 e. The number of aromatic nitrogens is 3. The van der Waals surface area contributed by atoms with Crippen molar-refractivity contribution in [1.29, 1.82) is 0 Å². The predicted octanol–water partition coefficient (Wildman–Crippen LogP) is 3.10. The zero-order chi connectivity index (χ0) is 13.9. The molecule has 6 nitrogen and oxygen atoms in total. The summed E-state index contributed by atoms with van der Waals surface area (Å²) in [4.78, 5) is 15.7. The molecule has 0 saturated heterocycles. The molecule has 3 aromatic rings. The fraction of sp³-hybridized carbons (Fsp3) is 0. The van der Waals surface area contributed by atoms with E-state index < -0.39 is 0 Å². The average Bonchev–Trinajstić information content (AvgIpc) is 3.10. The van der Waals surface area contributed by atoms with Crippen LogP contribution in [0.4, 0.5) is 5.69 Å². The molecule has 0 unspecified atom stereocenters. The summed E-state index contributed by atoms with van der Waals surface area (Å²) in [5.41, 5.74) is 1.52. The Balaban J connectivity index is 1.74. The van der Waals surface area contributed by atoms with Crippen molar-refractivity contribution in [2.75, 3.05) is 5.32 Å². The van der Waals surface area contributed by atoms with E-state index >= 15 is 0 Å². The number of anilines is 1. The van der Waals surface area contributed by atoms with E-state index in [1.54, 1.807) is 18.3 Å². The molecule has 0 atom stereocenters. The van der Waals surface area contributed by atoms with E-state index in [4.69, 9.17) is 16.0 Å². The number of carbonyl (C=O) groups excluding carboxylic acids is 1. The van der Waals surface area contributed by atoms with E-state index in [-0.39, 0.29) is 15.4 Å². The Bertz CT molecular complexity index is 724. The first-order valence-electron chi connectivity index (χ1n) is 5.51. The Morgan fingerprint density at radius 3 is 2.65 bits per heavy atom. The summed E-state index contributed by atoms with van der Waals surface area (Å²) in [6.07, 6.45) is 2.99. The molecule has 1 aromatic carbocycles. The second-order valence-electron chi connectivity index (χ2n) is 3.76. The first-order valence-corrected chi connectivity index (χ1v) is 6.71. The molecule has 0 spiro atoms. The zero-order valence-corrected chi connectivity index (χ0v) is 11.5. The normalized spacial score (nSPS) is 10.4. The van der Waals surface area contributed by atoms with E-state index in [0.717, 1.165) is 16.9 Å². The standard InChI is InChI=1S/C12H7ClN4O2S/c13-12-17-16-11(20-12)10(18)15-8-3-1-7(2-4-8)9-5-14-6-19-9/h1-6H,(H,15,18). The molecular weight excluding hydrogens is 300 g/mol. The molecule has 0 fully saturated rings. The number of amides is 1. The Morgan fingerprint density at radius 2 is 2.05 bits per heavy atom. The van der Waals surface area contributed by atoms with E-state index in [9.17, 15) is 4.79 Å². The van der Waals surface area contributed by atoms with Crippen LogP contribution in [0.3, 0.4) is 0 Å². The number of carbonyl (C=O) groups is 1. The highest BCUT2D eigenvalue weighted by atomic mass is 35.5. The summed E-state index contributed by atoms with van der Waals surface area (Å²) < 4.78 is 5.42. The van der Waals surface area contributed by atoms with Crippen molar-refractivity contribution >= 4 is 34.5 Å². The van der Waals surface area contributed by atoms with Crippen LogP contribution in [0, 0.1) is 0 Å². The van der Waals surface area contributed by atoms with Gasteiger partial charge in [-0.3, -0.25) is 4.79 Å². The third-order valence-corrected chi connectivity index (χ3v) is 3.47. The molecule has 0 aliphatic rings. The molecule has 1 N–H and O–H groups in total. The van der Waals surface area contributed by atoms with Gasteiger partial charge in [0.15, 0.2) is 12.2 Å². The zero-order valence-electron chi connectivity index (χ0n) is 9.91. The van der Waals surface area contributed by atoms with Crippen LogP contribution in [0.5, 0.6) is 0 Å². The fourth-order valence-electron chi connectivity index (χ4n) is 1.56. The van der Waals surface area contributed by atoms with E-state index in [2.05, 4.69) is 20.5 Å². The summed E-state index contributed by atoms with van der Waals surface area (Å²) in [7, 11) is 0. The van der Waals surface area contributed by atoms with Gasteiger partial charge in [-0.05, 0) is 35.9 Å². The van der Waals surface area contributed by atoms with Crippen LogP contribution >= 0.6 is 22.9 Å². The lowest BCUT2D eigenvalue weighted by atomic mass is 10.2. The quantitative estimate of drug-likeness (QED) is 0.804. The minimum atomic E-state index is -0.346. The van der Waals surface area contributed by atoms with Crippen molar-refractivity contribution in [2.24, 2.45) is 0 Å². The maximum absolute atomic E-state index is 11.9. The number of oxazole rings is 1. The summed E-state index contributed by atoms with van der Waals surface area (Å²) in [6.45, 7) is 0. The Hall–Kier alpha value is -2.25. The van der Waals surface area contributed by atoms with Gasteiger partial charge >= 0.3 is 0 Å². The number of benzene rings is 1. The molecule has 2 aromatic heterocycles. The molecular formula is C12H7ClN4O2S. The highest BCUT2D eigenvalue weighted by Crippen LogP contribution is 2.21. The van der Waals surface area contributed by atoms with Gasteiger partial charge in [0.25, 0.3) is 5.91 Å². The largest absolute Gasteiger partial charge is 0.444 e. The molecule has 0 aliphatic heterocycles. The number of halogens is 1. The van der Waals surface area contributed by atoms with Crippen LogP contribution in [0.2, 0.25) is 4.47 Å². The minimum Gasteiger partial charge on any atom is -0.444 e. The van der Waals surface area contributed by atoms with Crippen LogP contribution in [0.15, 0.2) is 41.3 Å². The molecule has 0 radical (unpaired) electrons. The van der Waals surface area contributed by atoms with Crippen LogP contribution in [-0.2, 0) is 0 Å². The monoisotopic (exact) mass is 306 g/mol. The van der Waals surface area contributed by atoms with Crippen LogP contribution < -0.4 is 5.32 Å². The fourth-order valence-corrected chi connectivity index (χ4v) is 2.28. The lowest BCUT2D eigenvalue weighted by Crippen LogP contribution is -2.11. The number of hydrogen-bond donors (Lipinski definition) is 1. The molecule has 2 heterocycles. The Kier molecular flexibility index (Phi) is 3.44. The van der Waals surface area contributed by atoms with Crippen molar-refractivity contribution in [3.05, 3.63) is 46.3 Å². The SMILES string of the molecule is O=C(Nc1ccc(-c2cnco2)cc1)c1nnc(Cl)s1. The van der Waals surface area contributed by atoms with Gasteiger partial charge in [0, 0.05) is 11.3 Å². The molecule has 20 heavy (non-hydrogen) atoms. The predicted molar refractivity (Wildman–Crippen MR) is 74.8 cm³/mol. The van der Waals surface area contributed by atoms with Crippen LogP contribution in [0.1, 0.15) is 9.80 Å². The molecule has 8 heteroatoms. The minimum absolute atomic E-state index is 0.217. The third-order valence-electron chi connectivity index (χ3n) is 2.45. The molecule has 3 rings (SSSR count). The van der Waals surface area contributed by atoms with Gasteiger partial charge in [0.05, 0.1) is 6.20 Å². The van der Waals surface area contributed by atoms with Crippen LogP contribution in [-0.4, -0.2) is 21.1 Å². The molecule has 1 amide bonds. The topological polar surface area (TPSA) is 80.9 Å². The maximum atomic E-state index is 11.9. The summed E-state index contributed by atoms with van der Waals surface area (Å²) >= 11 is 6.66. The summed E-state index contributed by atoms with van der Waals surface area (Å²) in [5, 5.41) is 10.2. The number of nitrogens with zero attached hydrogens (tertiary/aromatic N) is 3.